The molecule has 1 aromatic heterocycles. The van der Waals surface area contributed by atoms with E-state index >= 15 is 0 Å². The molecule has 1 amide bonds. The minimum Gasteiger partial charge on any atom is -0.472 e. The van der Waals surface area contributed by atoms with Crippen LogP contribution in [0.1, 0.15) is 31.2 Å². The summed E-state index contributed by atoms with van der Waals surface area (Å²) in [7, 11) is 0. The van der Waals surface area contributed by atoms with Crippen molar-refractivity contribution in [2.45, 2.75) is 50.5 Å². The number of carbonyl (C=O) groups is 1. The molecular formula is C18H26N2O4. The topological polar surface area (TPSA) is 63.9 Å². The zero-order chi connectivity index (χ0) is 16.4. The van der Waals surface area contributed by atoms with Crippen LogP contribution in [0.5, 0.6) is 0 Å². The summed E-state index contributed by atoms with van der Waals surface area (Å²) in [6, 6.07) is 2.35. The standard InChI is InChI=1S/C18H26N2O4/c21-18(19-10-13-2-6-22-7-3-13)17-9-15-16(24-17)1-5-20(15)11-14-4-8-23-12-14/h4,8,12-13,15-17H,1-3,5-7,9-11H2,(H,19,21)/t15-,16-,17+/m1/s1. The van der Waals surface area contributed by atoms with Crippen LogP contribution in [-0.2, 0) is 20.8 Å². The summed E-state index contributed by atoms with van der Waals surface area (Å²) >= 11 is 0. The van der Waals surface area contributed by atoms with E-state index in [1.807, 2.05) is 6.07 Å². The Morgan fingerprint density at radius 2 is 2.17 bits per heavy atom. The molecule has 4 heterocycles. The van der Waals surface area contributed by atoms with Crippen LogP contribution in [0.3, 0.4) is 0 Å². The number of nitrogens with zero attached hydrogens (tertiary/aromatic N) is 1. The average Bonchev–Trinajstić information content (AvgIpc) is 3.32. The van der Waals surface area contributed by atoms with E-state index in [1.54, 1.807) is 12.5 Å². The molecular weight excluding hydrogens is 308 g/mol. The predicted molar refractivity (Wildman–Crippen MR) is 87.4 cm³/mol. The van der Waals surface area contributed by atoms with Crippen LogP contribution in [-0.4, -0.2) is 55.4 Å². The highest BCUT2D eigenvalue weighted by Gasteiger charge is 2.45. The van der Waals surface area contributed by atoms with Gasteiger partial charge >= 0.3 is 0 Å². The zero-order valence-electron chi connectivity index (χ0n) is 14.0. The Bertz CT molecular complexity index is 541. The van der Waals surface area contributed by atoms with Crippen LogP contribution in [0.15, 0.2) is 23.0 Å². The van der Waals surface area contributed by atoms with E-state index in [2.05, 4.69) is 10.2 Å². The summed E-state index contributed by atoms with van der Waals surface area (Å²) in [6.07, 6.45) is 7.27. The molecule has 6 heteroatoms. The van der Waals surface area contributed by atoms with Crippen molar-refractivity contribution in [3.05, 3.63) is 24.2 Å². The summed E-state index contributed by atoms with van der Waals surface area (Å²) in [5, 5.41) is 3.09. The van der Waals surface area contributed by atoms with Crippen molar-refractivity contribution in [1.82, 2.24) is 10.2 Å². The molecule has 0 radical (unpaired) electrons. The number of hydrogen-bond acceptors (Lipinski definition) is 5. The molecule has 1 aromatic rings. The molecule has 0 aliphatic carbocycles. The number of furan rings is 1. The van der Waals surface area contributed by atoms with Gasteiger partial charge in [0, 0.05) is 50.9 Å². The van der Waals surface area contributed by atoms with Gasteiger partial charge in [0.1, 0.15) is 6.10 Å². The van der Waals surface area contributed by atoms with Gasteiger partial charge in [-0.3, -0.25) is 9.69 Å². The van der Waals surface area contributed by atoms with Gasteiger partial charge in [-0.25, -0.2) is 0 Å². The van der Waals surface area contributed by atoms with Gasteiger partial charge in [0.05, 0.1) is 18.6 Å². The lowest BCUT2D eigenvalue weighted by atomic mass is 10.0. The molecule has 132 valence electrons. The van der Waals surface area contributed by atoms with Gasteiger partial charge in [-0.15, -0.1) is 0 Å². The van der Waals surface area contributed by atoms with Crippen molar-refractivity contribution in [2.75, 3.05) is 26.3 Å². The summed E-state index contributed by atoms with van der Waals surface area (Å²) < 4.78 is 16.6. The van der Waals surface area contributed by atoms with Gasteiger partial charge in [0.15, 0.2) is 0 Å². The number of likely N-dealkylation sites (tertiary alicyclic amines) is 1. The fourth-order valence-electron chi connectivity index (χ4n) is 4.12. The van der Waals surface area contributed by atoms with Gasteiger partial charge in [0.25, 0.3) is 0 Å². The monoisotopic (exact) mass is 334 g/mol. The SMILES string of the molecule is O=C(NCC1CCOCC1)[C@@H]1C[C@@H]2[C@@H](CCN2Cc2ccoc2)O1. The van der Waals surface area contributed by atoms with E-state index in [-0.39, 0.29) is 18.1 Å². The van der Waals surface area contributed by atoms with Crippen LogP contribution >= 0.6 is 0 Å². The summed E-state index contributed by atoms with van der Waals surface area (Å²) in [6.45, 7) is 4.27. The highest BCUT2D eigenvalue weighted by Crippen LogP contribution is 2.34. The van der Waals surface area contributed by atoms with E-state index in [1.165, 1.54) is 5.56 Å². The van der Waals surface area contributed by atoms with Gasteiger partial charge in [0.2, 0.25) is 5.91 Å². The second-order valence-electron chi connectivity index (χ2n) is 7.16. The highest BCUT2D eigenvalue weighted by atomic mass is 16.5. The Morgan fingerprint density at radius 3 is 2.96 bits per heavy atom. The maximum Gasteiger partial charge on any atom is 0.249 e. The normalized spacial score (nSPS) is 31.2. The quantitative estimate of drug-likeness (QED) is 0.885. The van der Waals surface area contributed by atoms with Crippen LogP contribution < -0.4 is 5.32 Å². The summed E-state index contributed by atoms with van der Waals surface area (Å²) in [4.78, 5) is 14.9. The second kappa shape index (κ2) is 7.25. The molecule has 1 N–H and O–H groups in total. The van der Waals surface area contributed by atoms with E-state index in [0.717, 1.165) is 58.5 Å². The summed E-state index contributed by atoms with van der Waals surface area (Å²) in [5.41, 5.74) is 1.18. The molecule has 3 saturated heterocycles. The lowest BCUT2D eigenvalue weighted by molar-refractivity contribution is -0.132. The third kappa shape index (κ3) is 3.50. The largest absolute Gasteiger partial charge is 0.472 e. The number of hydrogen-bond donors (Lipinski definition) is 1. The minimum absolute atomic E-state index is 0.0548. The third-order valence-electron chi connectivity index (χ3n) is 5.56. The highest BCUT2D eigenvalue weighted by molar-refractivity contribution is 5.81. The maximum atomic E-state index is 12.4. The smallest absolute Gasteiger partial charge is 0.249 e. The first kappa shape index (κ1) is 16.1. The molecule has 3 fully saturated rings. The van der Waals surface area contributed by atoms with E-state index in [4.69, 9.17) is 13.9 Å². The van der Waals surface area contributed by atoms with Crippen molar-refractivity contribution in [1.29, 1.82) is 0 Å². The predicted octanol–water partition coefficient (Wildman–Crippen LogP) is 1.55. The van der Waals surface area contributed by atoms with Crippen molar-refractivity contribution in [3.63, 3.8) is 0 Å². The number of amides is 1. The number of carbonyl (C=O) groups excluding carboxylic acids is 1. The number of rotatable bonds is 5. The zero-order valence-corrected chi connectivity index (χ0v) is 14.0. The fraction of sp³-hybridized carbons (Fsp3) is 0.722. The molecule has 6 nitrogen and oxygen atoms in total. The molecule has 3 aliphatic rings. The minimum atomic E-state index is -0.299. The van der Waals surface area contributed by atoms with Gasteiger partial charge in [-0.05, 0) is 31.2 Å². The number of ether oxygens (including phenoxy) is 2. The fourth-order valence-corrected chi connectivity index (χ4v) is 4.12. The first-order valence-electron chi connectivity index (χ1n) is 9.05. The van der Waals surface area contributed by atoms with E-state index in [0.29, 0.717) is 12.0 Å². The van der Waals surface area contributed by atoms with Gasteiger partial charge in [-0.1, -0.05) is 0 Å². The average molecular weight is 334 g/mol. The summed E-state index contributed by atoms with van der Waals surface area (Å²) in [5.74, 6) is 0.598. The van der Waals surface area contributed by atoms with E-state index in [9.17, 15) is 4.79 Å². The molecule has 3 atom stereocenters. The Hall–Kier alpha value is -1.37. The first-order chi connectivity index (χ1) is 11.8. The van der Waals surface area contributed by atoms with Crippen molar-refractivity contribution < 1.29 is 18.7 Å². The molecule has 24 heavy (non-hydrogen) atoms. The molecule has 0 bridgehead atoms. The lowest BCUT2D eigenvalue weighted by Gasteiger charge is -2.23. The van der Waals surface area contributed by atoms with E-state index < -0.39 is 0 Å². The number of fused-ring (bicyclic) bond motifs is 1. The number of nitrogens with one attached hydrogen (secondary N) is 1. The van der Waals surface area contributed by atoms with Crippen LogP contribution in [0.25, 0.3) is 0 Å². The second-order valence-corrected chi connectivity index (χ2v) is 7.16. The van der Waals surface area contributed by atoms with Crippen LogP contribution in [0.2, 0.25) is 0 Å². The van der Waals surface area contributed by atoms with Gasteiger partial charge < -0.3 is 19.2 Å². The Labute approximate surface area is 142 Å². The van der Waals surface area contributed by atoms with Crippen molar-refractivity contribution in [3.8, 4) is 0 Å². The Balaban J connectivity index is 1.27. The molecule has 0 unspecified atom stereocenters. The molecule has 4 rings (SSSR count). The maximum absolute atomic E-state index is 12.4. The first-order valence-corrected chi connectivity index (χ1v) is 9.05. The molecule has 0 spiro atoms. The Morgan fingerprint density at radius 1 is 1.29 bits per heavy atom. The molecule has 3 aliphatic heterocycles. The van der Waals surface area contributed by atoms with Crippen molar-refractivity contribution in [2.24, 2.45) is 5.92 Å². The molecule has 0 saturated carbocycles. The Kier molecular flexibility index (Phi) is 4.87. The lowest BCUT2D eigenvalue weighted by Crippen LogP contribution is -2.39. The molecule has 0 aromatic carbocycles. The van der Waals surface area contributed by atoms with Crippen LogP contribution in [0.4, 0.5) is 0 Å². The van der Waals surface area contributed by atoms with Gasteiger partial charge in [-0.2, -0.15) is 0 Å². The van der Waals surface area contributed by atoms with Crippen LogP contribution in [0, 0.1) is 5.92 Å². The third-order valence-corrected chi connectivity index (χ3v) is 5.56. The van der Waals surface area contributed by atoms with Crippen molar-refractivity contribution >= 4 is 5.91 Å².